The van der Waals surface area contributed by atoms with Crippen LogP contribution in [0.4, 0.5) is 10.5 Å². The van der Waals surface area contributed by atoms with Crippen LogP contribution in [0.25, 0.3) is 0 Å². The second-order valence-electron chi connectivity index (χ2n) is 10.6. The van der Waals surface area contributed by atoms with Gasteiger partial charge in [0, 0.05) is 30.3 Å². The van der Waals surface area contributed by atoms with Gasteiger partial charge in [-0.05, 0) is 75.3 Å². The van der Waals surface area contributed by atoms with Crippen LogP contribution in [0.1, 0.15) is 73.6 Å². The third-order valence-electron chi connectivity index (χ3n) is 6.85. The van der Waals surface area contributed by atoms with Crippen LogP contribution in [0.3, 0.4) is 0 Å². The molecule has 3 atom stereocenters. The van der Waals surface area contributed by atoms with E-state index in [1.807, 2.05) is 49.9 Å². The van der Waals surface area contributed by atoms with E-state index in [0.717, 1.165) is 24.2 Å². The lowest BCUT2D eigenvalue weighted by atomic mass is 9.79. The highest BCUT2D eigenvalue weighted by atomic mass is 16.6. The molecule has 2 heterocycles. The first-order valence-electron chi connectivity index (χ1n) is 12.0. The molecular weight excluding hydrogens is 414 g/mol. The number of nitrogens with zero attached hydrogens (tertiary/aromatic N) is 1. The Balaban J connectivity index is 1.49. The first-order chi connectivity index (χ1) is 15.8. The summed E-state index contributed by atoms with van der Waals surface area (Å²) in [6, 6.07) is 16.2. The molecule has 2 fully saturated rings. The summed E-state index contributed by atoms with van der Waals surface area (Å²) in [4.78, 5) is 27.8. The van der Waals surface area contributed by atoms with Gasteiger partial charge in [0.05, 0.1) is 12.1 Å². The van der Waals surface area contributed by atoms with Crippen LogP contribution in [0.5, 0.6) is 0 Å². The molecule has 174 valence electrons. The van der Waals surface area contributed by atoms with Crippen molar-refractivity contribution in [1.29, 1.82) is 0 Å². The van der Waals surface area contributed by atoms with Crippen molar-refractivity contribution in [3.05, 3.63) is 65.2 Å². The number of rotatable bonds is 4. The predicted octanol–water partition coefficient (Wildman–Crippen LogP) is 5.29. The number of ether oxygens (including phenoxy) is 1. The van der Waals surface area contributed by atoms with Crippen molar-refractivity contribution in [2.75, 3.05) is 18.4 Å². The minimum Gasteiger partial charge on any atom is -0.444 e. The third-order valence-corrected chi connectivity index (χ3v) is 6.85. The Morgan fingerprint density at radius 1 is 1.09 bits per heavy atom. The fourth-order valence-corrected chi connectivity index (χ4v) is 5.10. The van der Waals surface area contributed by atoms with E-state index >= 15 is 0 Å². The van der Waals surface area contributed by atoms with E-state index in [2.05, 4.69) is 34.9 Å². The molecule has 5 rings (SSSR count). The Morgan fingerprint density at radius 2 is 1.85 bits per heavy atom. The van der Waals surface area contributed by atoms with Gasteiger partial charge in [-0.15, -0.1) is 0 Å². The molecular formula is C27H33N3O3. The SMILES string of the molecule is CC(C)(C)OC(=O)N1CC[C@H]2C(c3ccccc3)Nc3ccc(C(=O)NCC4CC4)cc3[C@H]21. The van der Waals surface area contributed by atoms with E-state index in [1.54, 1.807) is 0 Å². The summed E-state index contributed by atoms with van der Waals surface area (Å²) in [7, 11) is 0. The minimum absolute atomic E-state index is 0.0479. The molecule has 2 amide bonds. The van der Waals surface area contributed by atoms with Crippen molar-refractivity contribution in [2.45, 2.75) is 57.7 Å². The smallest absolute Gasteiger partial charge is 0.410 e. The Hall–Kier alpha value is -3.02. The van der Waals surface area contributed by atoms with Crippen molar-refractivity contribution in [3.63, 3.8) is 0 Å². The zero-order valence-corrected chi connectivity index (χ0v) is 19.6. The number of benzene rings is 2. The van der Waals surface area contributed by atoms with Crippen LogP contribution in [0, 0.1) is 11.8 Å². The van der Waals surface area contributed by atoms with Gasteiger partial charge in [-0.3, -0.25) is 4.79 Å². The summed E-state index contributed by atoms with van der Waals surface area (Å²) >= 11 is 0. The van der Waals surface area contributed by atoms with Crippen molar-refractivity contribution in [3.8, 4) is 0 Å². The Bertz CT molecular complexity index is 1040. The van der Waals surface area contributed by atoms with Crippen LogP contribution in [0.15, 0.2) is 48.5 Å². The van der Waals surface area contributed by atoms with Gasteiger partial charge in [0.15, 0.2) is 0 Å². The standard InChI is InChI=1S/C27H33N3O3/c1-27(2,3)33-26(32)30-14-13-20-23(18-7-5-4-6-8-18)29-22-12-11-19(15-21(22)24(20)30)25(31)28-16-17-9-10-17/h4-8,11-12,15,17,20,23-24,29H,9-10,13-14,16H2,1-3H3,(H,28,31)/t20-,23?,24-/m0/s1. The van der Waals surface area contributed by atoms with Gasteiger partial charge in [0.25, 0.3) is 5.91 Å². The number of amides is 2. The molecule has 0 aromatic heterocycles. The first-order valence-corrected chi connectivity index (χ1v) is 12.0. The van der Waals surface area contributed by atoms with Crippen LogP contribution in [-0.4, -0.2) is 35.6 Å². The average Bonchev–Trinajstić information content (AvgIpc) is 3.51. The highest BCUT2D eigenvalue weighted by Crippen LogP contribution is 2.51. The van der Waals surface area contributed by atoms with E-state index in [9.17, 15) is 9.59 Å². The second-order valence-corrected chi connectivity index (χ2v) is 10.6. The zero-order valence-electron chi connectivity index (χ0n) is 19.6. The maximum atomic E-state index is 13.2. The fourth-order valence-electron chi connectivity index (χ4n) is 5.10. The molecule has 6 heteroatoms. The van der Waals surface area contributed by atoms with Crippen molar-refractivity contribution in [2.24, 2.45) is 11.8 Å². The topological polar surface area (TPSA) is 70.7 Å². The summed E-state index contributed by atoms with van der Waals surface area (Å²) in [5.74, 6) is 0.771. The molecule has 1 saturated carbocycles. The minimum atomic E-state index is -0.561. The summed E-state index contributed by atoms with van der Waals surface area (Å²) in [6.45, 7) is 7.05. The molecule has 0 spiro atoms. The van der Waals surface area contributed by atoms with E-state index in [1.165, 1.54) is 18.4 Å². The summed E-state index contributed by atoms with van der Waals surface area (Å²) in [5, 5.41) is 6.77. The monoisotopic (exact) mass is 447 g/mol. The maximum Gasteiger partial charge on any atom is 0.410 e. The van der Waals surface area contributed by atoms with Gasteiger partial charge in [-0.1, -0.05) is 30.3 Å². The molecule has 1 unspecified atom stereocenters. The molecule has 6 nitrogen and oxygen atoms in total. The Morgan fingerprint density at radius 3 is 2.55 bits per heavy atom. The van der Waals surface area contributed by atoms with Gasteiger partial charge in [-0.25, -0.2) is 4.79 Å². The van der Waals surface area contributed by atoms with Gasteiger partial charge >= 0.3 is 6.09 Å². The van der Waals surface area contributed by atoms with Crippen molar-refractivity contribution >= 4 is 17.7 Å². The average molecular weight is 448 g/mol. The van der Waals surface area contributed by atoms with E-state index in [-0.39, 0.29) is 30.0 Å². The number of likely N-dealkylation sites (tertiary alicyclic amines) is 1. The highest BCUT2D eigenvalue weighted by Gasteiger charge is 2.47. The number of anilines is 1. The van der Waals surface area contributed by atoms with Crippen LogP contribution < -0.4 is 10.6 Å². The number of hydrogen-bond acceptors (Lipinski definition) is 4. The van der Waals surface area contributed by atoms with E-state index in [4.69, 9.17) is 4.74 Å². The van der Waals surface area contributed by atoms with Crippen molar-refractivity contribution in [1.82, 2.24) is 10.2 Å². The molecule has 3 aliphatic rings. The largest absolute Gasteiger partial charge is 0.444 e. The number of nitrogens with one attached hydrogen (secondary N) is 2. The van der Waals surface area contributed by atoms with Crippen molar-refractivity contribution < 1.29 is 14.3 Å². The molecule has 0 bridgehead atoms. The molecule has 1 saturated heterocycles. The lowest BCUT2D eigenvalue weighted by Crippen LogP contribution is -2.40. The molecule has 2 aromatic rings. The Labute approximate surface area is 195 Å². The van der Waals surface area contributed by atoms with Crippen LogP contribution >= 0.6 is 0 Å². The summed E-state index contributed by atoms with van der Waals surface area (Å²) in [5.41, 5.74) is 3.25. The normalized spacial score (nSPS) is 23.8. The fraction of sp³-hybridized carbons (Fsp3) is 0.481. The van der Waals surface area contributed by atoms with Gasteiger partial charge in [0.1, 0.15) is 5.60 Å². The number of hydrogen-bond donors (Lipinski definition) is 2. The molecule has 2 N–H and O–H groups in total. The lowest BCUT2D eigenvalue weighted by molar-refractivity contribution is 0.0198. The maximum absolute atomic E-state index is 13.2. The molecule has 0 radical (unpaired) electrons. The van der Waals surface area contributed by atoms with E-state index in [0.29, 0.717) is 18.0 Å². The van der Waals surface area contributed by atoms with Gasteiger partial charge < -0.3 is 20.3 Å². The van der Waals surface area contributed by atoms with Gasteiger partial charge in [-0.2, -0.15) is 0 Å². The molecule has 33 heavy (non-hydrogen) atoms. The highest BCUT2D eigenvalue weighted by molar-refractivity contribution is 5.95. The second kappa shape index (κ2) is 8.40. The molecule has 2 aliphatic heterocycles. The third kappa shape index (κ3) is 4.56. The Kier molecular flexibility index (Phi) is 5.55. The van der Waals surface area contributed by atoms with E-state index < -0.39 is 5.60 Å². The first kappa shape index (κ1) is 21.8. The van der Waals surface area contributed by atoms with Gasteiger partial charge in [0.2, 0.25) is 0 Å². The quantitative estimate of drug-likeness (QED) is 0.668. The number of fused-ring (bicyclic) bond motifs is 3. The summed E-state index contributed by atoms with van der Waals surface area (Å²) in [6.07, 6.45) is 2.97. The lowest BCUT2D eigenvalue weighted by Gasteiger charge is -2.40. The predicted molar refractivity (Wildman–Crippen MR) is 128 cm³/mol. The molecule has 1 aliphatic carbocycles. The number of carbonyl (C=O) groups is 2. The zero-order chi connectivity index (χ0) is 23.2. The number of carbonyl (C=O) groups excluding carboxylic acids is 2. The molecule has 2 aromatic carbocycles. The van der Waals surface area contributed by atoms with Crippen LogP contribution in [-0.2, 0) is 4.74 Å². The van der Waals surface area contributed by atoms with Crippen LogP contribution in [0.2, 0.25) is 0 Å². The summed E-state index contributed by atoms with van der Waals surface area (Å²) < 4.78 is 5.76.